The fourth-order valence-corrected chi connectivity index (χ4v) is 15.5. The van der Waals surface area contributed by atoms with Gasteiger partial charge in [-0.05, 0) is 170 Å². The van der Waals surface area contributed by atoms with E-state index in [0.717, 1.165) is 42.7 Å². The normalized spacial score (nSPS) is 19.3. The zero-order valence-corrected chi connectivity index (χ0v) is 47.7. The van der Waals surface area contributed by atoms with Gasteiger partial charge in [0.05, 0.1) is 10.9 Å². The number of benzene rings is 10. The number of anilines is 3. The van der Waals surface area contributed by atoms with E-state index in [1.165, 1.54) is 106 Å². The van der Waals surface area contributed by atoms with Crippen molar-refractivity contribution in [3.63, 3.8) is 0 Å². The molecule has 5 aliphatic carbocycles. The Morgan fingerprint density at radius 3 is 1.61 bits per heavy atom. The fraction of sp³-hybridized carbons (Fsp3) is 0.122. The Morgan fingerprint density at radius 2 is 0.940 bits per heavy atom. The molecule has 2 heteroatoms. The maximum absolute atomic E-state index is 2.56. The van der Waals surface area contributed by atoms with Gasteiger partial charge in [-0.15, -0.1) is 0 Å². The van der Waals surface area contributed by atoms with Crippen LogP contribution in [0.1, 0.15) is 72.2 Å². The zero-order valence-electron chi connectivity index (χ0n) is 47.7. The minimum Gasteiger partial charge on any atom is -0.311 e. The van der Waals surface area contributed by atoms with Gasteiger partial charge in [0.2, 0.25) is 0 Å². The highest BCUT2D eigenvalue weighted by atomic mass is 15.1. The van der Waals surface area contributed by atoms with Crippen molar-refractivity contribution in [2.75, 3.05) is 4.90 Å². The molecule has 0 N–H and O–H groups in total. The number of nitrogens with zero attached hydrogens (tertiary/aromatic N) is 2. The van der Waals surface area contributed by atoms with Crippen molar-refractivity contribution in [3.8, 4) is 50.2 Å². The summed E-state index contributed by atoms with van der Waals surface area (Å²) >= 11 is 0. The maximum atomic E-state index is 2.56. The highest BCUT2D eigenvalue weighted by Crippen LogP contribution is 2.69. The van der Waals surface area contributed by atoms with Gasteiger partial charge in [-0.25, -0.2) is 0 Å². The summed E-state index contributed by atoms with van der Waals surface area (Å²) in [5, 5.41) is 1.33. The van der Waals surface area contributed by atoms with Crippen LogP contribution in [-0.2, 0) is 17.3 Å². The maximum Gasteiger partial charge on any atom is 0.0538 e. The summed E-state index contributed by atoms with van der Waals surface area (Å²) in [6.45, 7) is 4.00. The molecule has 5 aliphatic rings. The molecule has 404 valence electrons. The Kier molecular flexibility index (Phi) is 12.9. The third-order valence-corrected chi connectivity index (χ3v) is 18.9. The number of aromatic nitrogens is 1. The van der Waals surface area contributed by atoms with Crippen LogP contribution in [0.2, 0.25) is 0 Å². The summed E-state index contributed by atoms with van der Waals surface area (Å²) in [5.41, 5.74) is 26.1. The average molecular weight is 1080 g/mol. The minimum absolute atomic E-state index is 0.139. The van der Waals surface area contributed by atoms with Crippen molar-refractivity contribution >= 4 is 34.0 Å². The molecule has 10 aromatic carbocycles. The molecule has 4 atom stereocenters. The Bertz CT molecular complexity index is 4420. The first kappa shape index (κ1) is 51.1. The molecular formula is C82H66N2. The van der Waals surface area contributed by atoms with E-state index in [4.69, 9.17) is 0 Å². The van der Waals surface area contributed by atoms with Gasteiger partial charge in [0, 0.05) is 51.1 Å². The molecule has 84 heavy (non-hydrogen) atoms. The third-order valence-electron chi connectivity index (χ3n) is 18.9. The minimum atomic E-state index is -0.432. The number of aryl methyl sites for hydroxylation is 1. The number of fused-ring (bicyclic) bond motifs is 12. The molecule has 0 aliphatic heterocycles. The molecule has 0 saturated carbocycles. The lowest BCUT2D eigenvalue weighted by Gasteiger charge is -2.58. The molecule has 0 radical (unpaired) electrons. The van der Waals surface area contributed by atoms with E-state index >= 15 is 0 Å². The van der Waals surface area contributed by atoms with Gasteiger partial charge in [-0.3, -0.25) is 0 Å². The van der Waals surface area contributed by atoms with E-state index in [1.807, 2.05) is 13.8 Å². The Balaban J connectivity index is 0.00000297. The molecule has 1 spiro atoms. The van der Waals surface area contributed by atoms with Crippen molar-refractivity contribution < 1.29 is 0 Å². The monoisotopic (exact) mass is 1080 g/mol. The first-order valence-corrected chi connectivity index (χ1v) is 30.4. The van der Waals surface area contributed by atoms with E-state index in [0.29, 0.717) is 0 Å². The van der Waals surface area contributed by atoms with Crippen LogP contribution in [0.5, 0.6) is 0 Å². The van der Waals surface area contributed by atoms with E-state index in [2.05, 4.69) is 313 Å². The topological polar surface area (TPSA) is 8.17 Å². The molecule has 3 unspecified atom stereocenters. The molecule has 1 aromatic heterocycles. The van der Waals surface area contributed by atoms with Crippen LogP contribution in [0.25, 0.3) is 67.2 Å². The summed E-state index contributed by atoms with van der Waals surface area (Å²) in [6, 6.07) is 93.6. The molecular weight excluding hydrogens is 1010 g/mol. The lowest BCUT2D eigenvalue weighted by molar-refractivity contribution is 0.243. The quantitative estimate of drug-likeness (QED) is 0.140. The predicted molar refractivity (Wildman–Crippen MR) is 354 cm³/mol. The SMILES string of the molecule is C1=CCCC(C2(c3ccccc3)c3ccccc3C3(c4ccccc4-c4c(-c5ccc(N(c6ccc(-c7ccccc7)cc6)c6ccc(-c7ccc8c(c7)c7c(n8-c8ccccc8)C=CCC7)cc6)cc5)cccc43)C3C=CC=C[C@@H]32)=C1.CC. The number of rotatable bonds is 9. The molecule has 11 aromatic rings. The van der Waals surface area contributed by atoms with Gasteiger partial charge in [0.15, 0.2) is 0 Å². The first-order chi connectivity index (χ1) is 41.7. The summed E-state index contributed by atoms with van der Waals surface area (Å²) in [5.74, 6) is 0.301. The second kappa shape index (κ2) is 21.2. The van der Waals surface area contributed by atoms with Crippen molar-refractivity contribution in [1.82, 2.24) is 4.57 Å². The molecule has 0 saturated heterocycles. The van der Waals surface area contributed by atoms with Crippen molar-refractivity contribution in [2.24, 2.45) is 11.8 Å². The number of allylic oxidation sites excluding steroid dienone is 9. The summed E-state index contributed by atoms with van der Waals surface area (Å²) in [7, 11) is 0. The van der Waals surface area contributed by atoms with Gasteiger partial charge in [0.25, 0.3) is 0 Å². The molecule has 0 fully saturated rings. The van der Waals surface area contributed by atoms with E-state index in [-0.39, 0.29) is 17.3 Å². The van der Waals surface area contributed by atoms with Crippen LogP contribution >= 0.6 is 0 Å². The Labute approximate surface area is 495 Å². The summed E-state index contributed by atoms with van der Waals surface area (Å²) in [4.78, 5) is 2.41. The smallest absolute Gasteiger partial charge is 0.0538 e. The summed E-state index contributed by atoms with van der Waals surface area (Å²) < 4.78 is 2.43. The second-order valence-electron chi connectivity index (χ2n) is 22.8. The Hall–Kier alpha value is -9.76. The molecule has 1 heterocycles. The van der Waals surface area contributed by atoms with Crippen molar-refractivity contribution in [2.45, 2.75) is 50.4 Å². The van der Waals surface area contributed by atoms with Crippen LogP contribution < -0.4 is 4.90 Å². The van der Waals surface area contributed by atoms with Gasteiger partial charge in [-0.2, -0.15) is 0 Å². The van der Waals surface area contributed by atoms with Crippen molar-refractivity contribution in [1.29, 1.82) is 0 Å². The van der Waals surface area contributed by atoms with Gasteiger partial charge in [0.1, 0.15) is 0 Å². The zero-order chi connectivity index (χ0) is 56.2. The van der Waals surface area contributed by atoms with Crippen LogP contribution in [-0.4, -0.2) is 4.57 Å². The van der Waals surface area contributed by atoms with Crippen LogP contribution in [0, 0.1) is 11.8 Å². The molecule has 16 rings (SSSR count). The largest absolute Gasteiger partial charge is 0.311 e. The van der Waals surface area contributed by atoms with E-state index in [9.17, 15) is 0 Å². The lowest BCUT2D eigenvalue weighted by Crippen LogP contribution is -2.54. The number of hydrogen-bond acceptors (Lipinski definition) is 1. The highest BCUT2D eigenvalue weighted by Gasteiger charge is 2.62. The lowest BCUT2D eigenvalue weighted by atomic mass is 9.44. The van der Waals surface area contributed by atoms with E-state index < -0.39 is 5.41 Å². The predicted octanol–water partition coefficient (Wildman–Crippen LogP) is 21.3. The number of hydrogen-bond donors (Lipinski definition) is 0. The van der Waals surface area contributed by atoms with Gasteiger partial charge in [-0.1, -0.05) is 256 Å². The van der Waals surface area contributed by atoms with Crippen LogP contribution in [0.4, 0.5) is 17.1 Å². The molecule has 2 nitrogen and oxygen atoms in total. The Morgan fingerprint density at radius 1 is 0.417 bits per heavy atom. The van der Waals surface area contributed by atoms with Crippen molar-refractivity contribution in [3.05, 3.63) is 342 Å². The molecule has 0 amide bonds. The summed E-state index contributed by atoms with van der Waals surface area (Å²) in [6.07, 6.45) is 25.7. The van der Waals surface area contributed by atoms with Crippen LogP contribution in [0.15, 0.2) is 303 Å². The fourth-order valence-electron chi connectivity index (χ4n) is 15.5. The highest BCUT2D eigenvalue weighted by molar-refractivity contribution is 5.97. The standard InChI is InChI=1S/C80H60N2.C2H6/c1-5-22-55(23-6-1)56-40-47-63(48-41-56)81(64-49-42-57(43-50-64)59-46-53-77-69(54-59)67-30-14-20-39-76(67)82(77)62-28-11-4-12-29-62)65-51-44-58(45-52-65)66-32-21-38-75-78(66)68-31-13-15-33-70(68)80(75)73-36-18-16-34-71(73)79(60-24-7-2-8-25-60,61-26-9-3-10-27-61)72-35-17-19-37-74(72)80;1-2/h1-9,11-13,15-26,28-29,31-54,71,73H,10,14,27,30H2;1-2H3/t71-,73?,79?,80?;/m0./s1. The van der Waals surface area contributed by atoms with Gasteiger partial charge < -0.3 is 9.47 Å². The van der Waals surface area contributed by atoms with Gasteiger partial charge >= 0.3 is 0 Å². The third kappa shape index (κ3) is 7.91. The number of para-hydroxylation sites is 1. The van der Waals surface area contributed by atoms with Crippen LogP contribution in [0.3, 0.4) is 0 Å². The first-order valence-electron chi connectivity index (χ1n) is 30.4. The molecule has 0 bridgehead atoms. The second-order valence-corrected chi connectivity index (χ2v) is 22.8. The average Bonchev–Trinajstić information content (AvgIpc) is 1.34. The van der Waals surface area contributed by atoms with E-state index in [1.54, 1.807) is 0 Å².